The molecule has 4 heteroatoms. The molecule has 14 heavy (non-hydrogen) atoms. The maximum atomic E-state index is 11.8. The van der Waals surface area contributed by atoms with E-state index in [0.717, 1.165) is 0 Å². The van der Waals surface area contributed by atoms with E-state index in [9.17, 15) is 17.6 Å². The summed E-state index contributed by atoms with van der Waals surface area (Å²) < 4.78 is 47.0. The summed E-state index contributed by atoms with van der Waals surface area (Å²) >= 11 is 0. The first-order chi connectivity index (χ1) is 6.58. The van der Waals surface area contributed by atoms with Crippen molar-refractivity contribution < 1.29 is 17.6 Å². The molecule has 0 atom stereocenters. The fraction of sp³-hybridized carbons (Fsp3) is 0. The molecule has 0 aliphatic rings. The van der Waals surface area contributed by atoms with Crippen molar-refractivity contribution >= 4 is 12.2 Å². The van der Waals surface area contributed by atoms with Crippen molar-refractivity contribution in [2.24, 2.45) is 0 Å². The first-order valence-corrected chi connectivity index (χ1v) is 3.73. The summed E-state index contributed by atoms with van der Waals surface area (Å²) in [7, 11) is 0. The molecule has 0 bridgehead atoms. The summed E-state index contributed by atoms with van der Waals surface area (Å²) in [5.41, 5.74) is 0.558. The van der Waals surface area contributed by atoms with E-state index in [1.54, 1.807) is 0 Å². The van der Waals surface area contributed by atoms with Gasteiger partial charge in [0.25, 0.3) is 12.2 Å². The Labute approximate surface area is 78.2 Å². The average molecular weight is 202 g/mol. The van der Waals surface area contributed by atoms with Crippen LogP contribution in [0.1, 0.15) is 11.1 Å². The van der Waals surface area contributed by atoms with Gasteiger partial charge in [-0.25, -0.2) is 0 Å². The quantitative estimate of drug-likeness (QED) is 0.631. The fourth-order valence-electron chi connectivity index (χ4n) is 0.940. The van der Waals surface area contributed by atoms with Gasteiger partial charge in [-0.2, -0.15) is 17.6 Å². The van der Waals surface area contributed by atoms with Gasteiger partial charge >= 0.3 is 0 Å². The van der Waals surface area contributed by atoms with E-state index < -0.39 is 12.2 Å². The first-order valence-electron chi connectivity index (χ1n) is 3.73. The third-order valence-corrected chi connectivity index (χ3v) is 1.49. The molecule has 0 radical (unpaired) electrons. The van der Waals surface area contributed by atoms with Crippen LogP contribution in [0.4, 0.5) is 17.6 Å². The lowest BCUT2D eigenvalue weighted by molar-refractivity contribution is 0.428. The molecule has 0 heterocycles. The van der Waals surface area contributed by atoms with Crippen molar-refractivity contribution in [2.75, 3.05) is 0 Å². The predicted molar refractivity (Wildman–Crippen MR) is 46.8 cm³/mol. The van der Waals surface area contributed by atoms with Crippen molar-refractivity contribution in [3.05, 3.63) is 47.6 Å². The van der Waals surface area contributed by atoms with E-state index in [1.165, 1.54) is 24.3 Å². The second kappa shape index (κ2) is 4.60. The van der Waals surface area contributed by atoms with Crippen LogP contribution in [0.25, 0.3) is 12.2 Å². The Kier molecular flexibility index (Phi) is 3.45. The summed E-state index contributed by atoms with van der Waals surface area (Å²) in [6.45, 7) is 0. The van der Waals surface area contributed by atoms with Crippen LogP contribution >= 0.6 is 0 Å². The van der Waals surface area contributed by atoms with Gasteiger partial charge in [0, 0.05) is 12.2 Å². The normalized spacial score (nSPS) is 9.43. The molecule has 74 valence electrons. The van der Waals surface area contributed by atoms with Crippen LogP contribution in [0, 0.1) is 0 Å². The molecule has 0 aliphatic heterocycles. The van der Waals surface area contributed by atoms with E-state index >= 15 is 0 Å². The van der Waals surface area contributed by atoms with Gasteiger partial charge in [0.1, 0.15) is 0 Å². The number of rotatable bonds is 2. The lowest BCUT2D eigenvalue weighted by atomic mass is 10.1. The Hall–Kier alpha value is -1.58. The van der Waals surface area contributed by atoms with Crippen molar-refractivity contribution in [3.8, 4) is 0 Å². The fourth-order valence-corrected chi connectivity index (χ4v) is 0.940. The minimum atomic E-state index is -1.81. The van der Waals surface area contributed by atoms with Gasteiger partial charge in [-0.1, -0.05) is 24.3 Å². The Balaban J connectivity index is 2.89. The first kappa shape index (κ1) is 10.5. The Morgan fingerprint density at radius 3 is 1.21 bits per heavy atom. The van der Waals surface area contributed by atoms with E-state index in [2.05, 4.69) is 0 Å². The minimum absolute atomic E-state index is 0.279. The van der Waals surface area contributed by atoms with Crippen molar-refractivity contribution in [1.82, 2.24) is 0 Å². The molecule has 0 unspecified atom stereocenters. The monoisotopic (exact) mass is 202 g/mol. The summed E-state index contributed by atoms with van der Waals surface area (Å²) in [6, 6.07) is 5.36. The second-order valence-corrected chi connectivity index (χ2v) is 2.53. The van der Waals surface area contributed by atoms with E-state index in [1.807, 2.05) is 0 Å². The smallest absolute Gasteiger partial charge is 0.173 e. The Morgan fingerprint density at radius 2 is 1.00 bits per heavy atom. The summed E-state index contributed by atoms with van der Waals surface area (Å²) in [6.07, 6.45) is -2.30. The third kappa shape index (κ3) is 3.43. The summed E-state index contributed by atoms with van der Waals surface area (Å²) in [4.78, 5) is 0. The predicted octanol–water partition coefficient (Wildman–Crippen LogP) is 4.16. The highest BCUT2D eigenvalue weighted by molar-refractivity contribution is 5.56. The maximum Gasteiger partial charge on any atom is 0.270 e. The standard InChI is InChI=1S/C10H6F4/c11-9(12)5-7-1-2-8(4-3-7)6-10(13)14/h1-6H. The molecule has 0 aliphatic carbocycles. The second-order valence-electron chi connectivity index (χ2n) is 2.53. The maximum absolute atomic E-state index is 11.8. The zero-order valence-corrected chi connectivity index (χ0v) is 6.98. The molecule has 0 spiro atoms. The topological polar surface area (TPSA) is 0 Å². The molecule has 1 rings (SSSR count). The molecule has 0 saturated carbocycles. The molecule has 1 aromatic carbocycles. The Morgan fingerprint density at radius 1 is 0.714 bits per heavy atom. The van der Waals surface area contributed by atoms with Crippen LogP contribution in [0.5, 0.6) is 0 Å². The van der Waals surface area contributed by atoms with E-state index in [-0.39, 0.29) is 11.1 Å². The lowest BCUT2D eigenvalue weighted by Gasteiger charge is -1.94. The van der Waals surface area contributed by atoms with Crippen LogP contribution in [0.15, 0.2) is 36.4 Å². The van der Waals surface area contributed by atoms with E-state index in [4.69, 9.17) is 0 Å². The largest absolute Gasteiger partial charge is 0.270 e. The van der Waals surface area contributed by atoms with Crippen LogP contribution < -0.4 is 0 Å². The highest BCUT2D eigenvalue weighted by Gasteiger charge is 1.94. The molecule has 0 amide bonds. The molecule has 0 N–H and O–H groups in total. The average Bonchev–Trinajstić information content (AvgIpc) is 2.06. The van der Waals surface area contributed by atoms with Crippen molar-refractivity contribution in [1.29, 1.82) is 0 Å². The number of halogens is 4. The summed E-state index contributed by atoms with van der Waals surface area (Å²) in [5.74, 6) is 0. The van der Waals surface area contributed by atoms with Crippen LogP contribution in [0.3, 0.4) is 0 Å². The Bertz CT molecular complexity index is 317. The van der Waals surface area contributed by atoms with Crippen LogP contribution in [-0.2, 0) is 0 Å². The highest BCUT2D eigenvalue weighted by Crippen LogP contribution is 2.13. The number of benzene rings is 1. The SMILES string of the molecule is FC(F)=Cc1ccc(C=C(F)F)cc1. The van der Waals surface area contributed by atoms with Crippen molar-refractivity contribution in [2.45, 2.75) is 0 Å². The number of hydrogen-bond donors (Lipinski definition) is 0. The molecule has 0 aromatic heterocycles. The van der Waals surface area contributed by atoms with E-state index in [0.29, 0.717) is 12.2 Å². The summed E-state index contributed by atoms with van der Waals surface area (Å²) in [5, 5.41) is 0. The van der Waals surface area contributed by atoms with Gasteiger partial charge in [0.2, 0.25) is 0 Å². The minimum Gasteiger partial charge on any atom is -0.173 e. The molecule has 0 nitrogen and oxygen atoms in total. The van der Waals surface area contributed by atoms with Gasteiger partial charge in [0.05, 0.1) is 0 Å². The van der Waals surface area contributed by atoms with Gasteiger partial charge < -0.3 is 0 Å². The lowest BCUT2D eigenvalue weighted by Crippen LogP contribution is -1.75. The third-order valence-electron chi connectivity index (χ3n) is 1.49. The molecular formula is C10H6F4. The van der Waals surface area contributed by atoms with Gasteiger partial charge in [0.15, 0.2) is 0 Å². The molecule has 1 aromatic rings. The zero-order valence-electron chi connectivity index (χ0n) is 6.98. The molecule has 0 saturated heterocycles. The van der Waals surface area contributed by atoms with Gasteiger partial charge in [-0.05, 0) is 11.1 Å². The molecular weight excluding hydrogens is 196 g/mol. The van der Waals surface area contributed by atoms with Crippen molar-refractivity contribution in [3.63, 3.8) is 0 Å². The number of hydrogen-bond acceptors (Lipinski definition) is 0. The molecule has 0 fully saturated rings. The van der Waals surface area contributed by atoms with Crippen LogP contribution in [-0.4, -0.2) is 0 Å². The zero-order chi connectivity index (χ0) is 10.6. The van der Waals surface area contributed by atoms with Gasteiger partial charge in [-0.15, -0.1) is 0 Å². The highest BCUT2D eigenvalue weighted by atomic mass is 19.3. The van der Waals surface area contributed by atoms with Gasteiger partial charge in [-0.3, -0.25) is 0 Å². The van der Waals surface area contributed by atoms with Crippen LogP contribution in [0.2, 0.25) is 0 Å².